The van der Waals surface area contributed by atoms with Gasteiger partial charge in [-0.3, -0.25) is 4.79 Å². The van der Waals surface area contributed by atoms with Crippen LogP contribution in [0.3, 0.4) is 0 Å². The average molecular weight is 185 g/mol. The second kappa shape index (κ2) is 3.66. The van der Waals surface area contributed by atoms with Gasteiger partial charge < -0.3 is 10.4 Å². The first kappa shape index (κ1) is 10.5. The lowest BCUT2D eigenvalue weighted by atomic mass is 9.70. The highest BCUT2D eigenvalue weighted by atomic mass is 16.4. The van der Waals surface area contributed by atoms with Gasteiger partial charge in [-0.2, -0.15) is 0 Å². The molecule has 1 aliphatic carbocycles. The molecule has 1 aliphatic rings. The Balaban J connectivity index is 2.86. The van der Waals surface area contributed by atoms with E-state index in [1.54, 1.807) is 7.05 Å². The molecule has 0 aromatic carbocycles. The van der Waals surface area contributed by atoms with E-state index in [0.29, 0.717) is 5.92 Å². The van der Waals surface area contributed by atoms with Crippen LogP contribution in [0.5, 0.6) is 0 Å². The normalized spacial score (nSPS) is 40.2. The van der Waals surface area contributed by atoms with Crippen LogP contribution in [-0.4, -0.2) is 23.7 Å². The Morgan fingerprint density at radius 3 is 2.46 bits per heavy atom. The van der Waals surface area contributed by atoms with E-state index < -0.39 is 11.5 Å². The van der Waals surface area contributed by atoms with Crippen molar-refractivity contribution < 1.29 is 9.90 Å². The van der Waals surface area contributed by atoms with Gasteiger partial charge in [-0.25, -0.2) is 0 Å². The van der Waals surface area contributed by atoms with Gasteiger partial charge in [0.25, 0.3) is 0 Å². The van der Waals surface area contributed by atoms with Crippen molar-refractivity contribution in [1.82, 2.24) is 5.32 Å². The molecule has 0 aliphatic heterocycles. The molecule has 3 atom stereocenters. The van der Waals surface area contributed by atoms with Crippen LogP contribution < -0.4 is 5.32 Å². The van der Waals surface area contributed by atoms with Crippen molar-refractivity contribution in [2.75, 3.05) is 7.05 Å². The van der Waals surface area contributed by atoms with E-state index in [2.05, 4.69) is 12.2 Å². The summed E-state index contributed by atoms with van der Waals surface area (Å²) in [6.45, 7) is 4.15. The molecule has 0 aromatic rings. The summed E-state index contributed by atoms with van der Waals surface area (Å²) < 4.78 is 0. The highest BCUT2D eigenvalue weighted by Crippen LogP contribution is 2.36. The Bertz CT molecular complexity index is 205. The van der Waals surface area contributed by atoms with E-state index in [0.717, 1.165) is 19.3 Å². The lowest BCUT2D eigenvalue weighted by molar-refractivity contribution is -0.149. The van der Waals surface area contributed by atoms with Gasteiger partial charge in [0.15, 0.2) is 0 Å². The first-order valence-electron chi connectivity index (χ1n) is 4.95. The number of carboxylic acids is 1. The van der Waals surface area contributed by atoms with Crippen LogP contribution in [0.25, 0.3) is 0 Å². The third-order valence-corrected chi connectivity index (χ3v) is 3.43. The second-order valence-corrected chi connectivity index (χ2v) is 4.31. The quantitative estimate of drug-likeness (QED) is 0.685. The summed E-state index contributed by atoms with van der Waals surface area (Å²) in [6.07, 6.45) is 2.91. The van der Waals surface area contributed by atoms with E-state index in [4.69, 9.17) is 0 Å². The highest BCUT2D eigenvalue weighted by molar-refractivity contribution is 5.79. The minimum atomic E-state index is -0.700. The molecule has 0 amide bonds. The summed E-state index contributed by atoms with van der Waals surface area (Å²) >= 11 is 0. The van der Waals surface area contributed by atoms with Gasteiger partial charge in [-0.15, -0.1) is 0 Å². The number of hydrogen-bond acceptors (Lipinski definition) is 2. The van der Waals surface area contributed by atoms with Gasteiger partial charge in [-0.05, 0) is 31.7 Å². The number of hydrogen-bond donors (Lipinski definition) is 2. The largest absolute Gasteiger partial charge is 0.480 e. The van der Waals surface area contributed by atoms with E-state index in [1.807, 2.05) is 6.92 Å². The molecule has 13 heavy (non-hydrogen) atoms. The standard InChI is InChI=1S/C10H19NO2/c1-7-4-5-8(2)10(6-7,11-3)9(12)13/h7-8,11H,4-6H2,1-3H3,(H,12,13). The SMILES string of the molecule is CNC1(C(=O)O)CC(C)CCC1C. The van der Waals surface area contributed by atoms with E-state index in [9.17, 15) is 9.90 Å². The number of likely N-dealkylation sites (N-methyl/N-ethyl adjacent to an activating group) is 1. The van der Waals surface area contributed by atoms with Gasteiger partial charge in [0.1, 0.15) is 5.54 Å². The van der Waals surface area contributed by atoms with Gasteiger partial charge in [-0.1, -0.05) is 20.3 Å². The molecule has 3 heteroatoms. The minimum Gasteiger partial charge on any atom is -0.480 e. The van der Waals surface area contributed by atoms with Crippen LogP contribution in [0.4, 0.5) is 0 Å². The van der Waals surface area contributed by atoms with Crippen molar-refractivity contribution in [3.05, 3.63) is 0 Å². The molecule has 0 bridgehead atoms. The maximum Gasteiger partial charge on any atom is 0.324 e. The number of carbonyl (C=O) groups is 1. The zero-order chi connectivity index (χ0) is 10.1. The molecule has 1 rings (SSSR count). The zero-order valence-electron chi connectivity index (χ0n) is 8.63. The van der Waals surface area contributed by atoms with E-state index in [1.165, 1.54) is 0 Å². The molecule has 1 saturated carbocycles. The second-order valence-electron chi connectivity index (χ2n) is 4.31. The summed E-state index contributed by atoms with van der Waals surface area (Å²) in [5.41, 5.74) is -0.683. The molecule has 1 fully saturated rings. The molecule has 3 nitrogen and oxygen atoms in total. The Labute approximate surface area is 79.5 Å². The van der Waals surface area contributed by atoms with Crippen molar-refractivity contribution >= 4 is 5.97 Å². The maximum absolute atomic E-state index is 11.2. The topological polar surface area (TPSA) is 49.3 Å². The summed E-state index contributed by atoms with van der Waals surface area (Å²) in [5, 5.41) is 12.2. The fourth-order valence-corrected chi connectivity index (χ4v) is 2.39. The third-order valence-electron chi connectivity index (χ3n) is 3.43. The van der Waals surface area contributed by atoms with Crippen molar-refractivity contribution in [3.8, 4) is 0 Å². The first-order chi connectivity index (χ1) is 6.03. The Kier molecular flexibility index (Phi) is 2.96. The summed E-state index contributed by atoms with van der Waals surface area (Å²) in [7, 11) is 1.75. The third kappa shape index (κ3) is 1.70. The summed E-state index contributed by atoms with van der Waals surface area (Å²) in [4.78, 5) is 11.2. The molecule has 2 N–H and O–H groups in total. The molecular formula is C10H19NO2. The van der Waals surface area contributed by atoms with Crippen molar-refractivity contribution in [2.24, 2.45) is 11.8 Å². The fourth-order valence-electron chi connectivity index (χ4n) is 2.39. The molecule has 0 radical (unpaired) electrons. The van der Waals surface area contributed by atoms with Crippen molar-refractivity contribution in [3.63, 3.8) is 0 Å². The summed E-state index contributed by atoms with van der Waals surface area (Å²) in [6, 6.07) is 0. The molecule has 3 unspecified atom stereocenters. The minimum absolute atomic E-state index is 0.228. The van der Waals surface area contributed by atoms with Crippen molar-refractivity contribution in [1.29, 1.82) is 0 Å². The molecule has 76 valence electrons. The predicted octanol–water partition coefficient (Wildman–Crippen LogP) is 1.49. The Morgan fingerprint density at radius 2 is 2.08 bits per heavy atom. The monoisotopic (exact) mass is 185 g/mol. The predicted molar refractivity (Wildman–Crippen MR) is 51.6 cm³/mol. The van der Waals surface area contributed by atoms with Crippen LogP contribution in [0.15, 0.2) is 0 Å². The summed E-state index contributed by atoms with van der Waals surface area (Å²) in [5.74, 6) is 0.0417. The maximum atomic E-state index is 11.2. The first-order valence-corrected chi connectivity index (χ1v) is 4.95. The number of aliphatic carboxylic acids is 1. The van der Waals surface area contributed by atoms with Gasteiger partial charge >= 0.3 is 5.97 Å². The lowest BCUT2D eigenvalue weighted by Gasteiger charge is -2.41. The van der Waals surface area contributed by atoms with E-state index >= 15 is 0 Å². The smallest absolute Gasteiger partial charge is 0.324 e. The lowest BCUT2D eigenvalue weighted by Crippen LogP contribution is -2.58. The Hall–Kier alpha value is -0.570. The van der Waals surface area contributed by atoms with Gasteiger partial charge in [0.05, 0.1) is 0 Å². The fraction of sp³-hybridized carbons (Fsp3) is 0.900. The molecular weight excluding hydrogens is 166 g/mol. The highest BCUT2D eigenvalue weighted by Gasteiger charge is 2.45. The van der Waals surface area contributed by atoms with Crippen LogP contribution in [0.2, 0.25) is 0 Å². The van der Waals surface area contributed by atoms with Crippen LogP contribution in [0.1, 0.15) is 33.1 Å². The zero-order valence-corrected chi connectivity index (χ0v) is 8.63. The van der Waals surface area contributed by atoms with Crippen molar-refractivity contribution in [2.45, 2.75) is 38.6 Å². The molecule has 0 saturated heterocycles. The molecule has 0 aromatic heterocycles. The number of carboxylic acid groups (broad SMARTS) is 1. The van der Waals surface area contributed by atoms with Gasteiger partial charge in [0, 0.05) is 0 Å². The van der Waals surface area contributed by atoms with Crippen LogP contribution in [0, 0.1) is 11.8 Å². The van der Waals surface area contributed by atoms with Crippen LogP contribution in [-0.2, 0) is 4.79 Å². The van der Waals surface area contributed by atoms with E-state index in [-0.39, 0.29) is 5.92 Å². The molecule has 0 spiro atoms. The van der Waals surface area contributed by atoms with Crippen LogP contribution >= 0.6 is 0 Å². The van der Waals surface area contributed by atoms with Gasteiger partial charge in [0.2, 0.25) is 0 Å². The average Bonchev–Trinajstić information content (AvgIpc) is 2.09. The number of nitrogens with one attached hydrogen (secondary N) is 1. The molecule has 0 heterocycles. The Morgan fingerprint density at radius 1 is 1.46 bits per heavy atom. The number of rotatable bonds is 2.